The van der Waals surface area contributed by atoms with Crippen LogP contribution in [0.15, 0.2) is 52.5 Å². The van der Waals surface area contributed by atoms with Gasteiger partial charge in [0.25, 0.3) is 0 Å². The van der Waals surface area contributed by atoms with Crippen LogP contribution in [0.1, 0.15) is 0 Å². The number of aromatic nitrogens is 3. The maximum absolute atomic E-state index is 12.5. The zero-order chi connectivity index (χ0) is 19.6. The molecule has 0 atom stereocenters. The van der Waals surface area contributed by atoms with Crippen LogP contribution in [0.4, 0.5) is 0 Å². The number of benzene rings is 2. The smallest absolute Gasteiger partial charge is 0.210 e. The minimum atomic E-state index is -3.60. The Balaban J connectivity index is 1.71. The summed E-state index contributed by atoms with van der Waals surface area (Å²) in [6, 6.07) is 11.3. The molecule has 0 saturated carbocycles. The summed E-state index contributed by atoms with van der Waals surface area (Å²) >= 11 is 18.9. The van der Waals surface area contributed by atoms with Crippen LogP contribution in [0, 0.1) is 0 Å². The van der Waals surface area contributed by atoms with Crippen LogP contribution in [0.5, 0.6) is 0 Å². The van der Waals surface area contributed by atoms with Gasteiger partial charge in [-0.25, -0.2) is 13.1 Å². The van der Waals surface area contributed by atoms with Gasteiger partial charge in [0, 0.05) is 21.4 Å². The van der Waals surface area contributed by atoms with E-state index >= 15 is 0 Å². The van der Waals surface area contributed by atoms with Crippen molar-refractivity contribution in [3.8, 4) is 11.4 Å². The van der Waals surface area contributed by atoms with E-state index in [2.05, 4.69) is 10.2 Å². The van der Waals surface area contributed by atoms with Crippen LogP contribution >= 0.6 is 46.6 Å². The molecule has 6 nitrogen and oxygen atoms in total. The molecule has 0 bridgehead atoms. The molecule has 0 amide bonds. The lowest BCUT2D eigenvalue weighted by Gasteiger charge is -2.07. The van der Waals surface area contributed by atoms with Crippen molar-refractivity contribution < 1.29 is 8.42 Å². The summed E-state index contributed by atoms with van der Waals surface area (Å²) in [6.45, 7) is 0. The van der Waals surface area contributed by atoms with Crippen molar-refractivity contribution in [2.75, 3.05) is 17.3 Å². The first-order chi connectivity index (χ1) is 12.8. The zero-order valence-corrected chi connectivity index (χ0v) is 17.5. The normalized spacial score (nSPS) is 11.7. The summed E-state index contributed by atoms with van der Waals surface area (Å²) in [6.07, 6.45) is 0. The van der Waals surface area contributed by atoms with Gasteiger partial charge in [-0.2, -0.15) is 0 Å². The molecule has 0 unspecified atom stereocenters. The van der Waals surface area contributed by atoms with Gasteiger partial charge in [-0.1, -0.05) is 46.6 Å². The summed E-state index contributed by atoms with van der Waals surface area (Å²) in [4.78, 5) is 0.00772. The van der Waals surface area contributed by atoms with Crippen molar-refractivity contribution in [1.82, 2.24) is 14.9 Å². The molecule has 11 heteroatoms. The lowest BCUT2D eigenvalue weighted by atomic mass is 10.2. The number of nitrogens with two attached hydrogens (primary N) is 1. The highest BCUT2D eigenvalue weighted by Crippen LogP contribution is 2.28. The lowest BCUT2D eigenvalue weighted by Crippen LogP contribution is -2.13. The molecule has 27 heavy (non-hydrogen) atoms. The van der Waals surface area contributed by atoms with Crippen molar-refractivity contribution in [2.24, 2.45) is 0 Å². The second kappa shape index (κ2) is 8.28. The van der Waals surface area contributed by atoms with Gasteiger partial charge in [0.15, 0.2) is 15.7 Å². The maximum atomic E-state index is 12.5. The molecule has 0 aliphatic rings. The molecule has 0 saturated heterocycles. The highest BCUT2D eigenvalue weighted by Gasteiger charge is 2.20. The Kier molecular flexibility index (Phi) is 6.22. The number of hydrogen-bond donors (Lipinski definition) is 1. The van der Waals surface area contributed by atoms with E-state index in [-0.39, 0.29) is 21.4 Å². The summed E-state index contributed by atoms with van der Waals surface area (Å²) in [5.41, 5.74) is 0.750. The third-order valence-corrected chi connectivity index (χ3v) is 7.46. The van der Waals surface area contributed by atoms with Gasteiger partial charge in [0.1, 0.15) is 0 Å². The number of hydrogen-bond acceptors (Lipinski definition) is 6. The van der Waals surface area contributed by atoms with Crippen LogP contribution in [0.25, 0.3) is 11.4 Å². The standard InChI is InChI=1S/C16H13Cl3N4O2S2/c17-11-3-1-10(2-4-11)15-21-22-16(23(15)20)26-7-8-27(24,25)14-9-12(18)5-6-13(14)19/h1-6,9H,7-8,20H2. The molecule has 3 rings (SSSR count). The number of nitrogens with zero attached hydrogens (tertiary/aromatic N) is 3. The summed E-state index contributed by atoms with van der Waals surface area (Å²) < 4.78 is 26.3. The third-order valence-electron chi connectivity index (χ3n) is 3.58. The van der Waals surface area contributed by atoms with Crippen molar-refractivity contribution >= 4 is 56.4 Å². The Morgan fingerprint density at radius 3 is 2.37 bits per heavy atom. The molecule has 0 spiro atoms. The van der Waals surface area contributed by atoms with Gasteiger partial charge >= 0.3 is 0 Å². The molecule has 3 aromatic rings. The monoisotopic (exact) mass is 462 g/mol. The largest absolute Gasteiger partial charge is 0.335 e. The number of halogens is 3. The minimum absolute atomic E-state index is 0.00772. The van der Waals surface area contributed by atoms with E-state index in [4.69, 9.17) is 40.6 Å². The van der Waals surface area contributed by atoms with Gasteiger partial charge in [-0.05, 0) is 42.5 Å². The summed E-state index contributed by atoms with van der Waals surface area (Å²) in [5, 5.41) is 9.50. The Labute approximate surface area is 175 Å². The van der Waals surface area contributed by atoms with Crippen molar-refractivity contribution in [3.63, 3.8) is 0 Å². The molecular formula is C16H13Cl3N4O2S2. The van der Waals surface area contributed by atoms with E-state index in [1.165, 1.54) is 34.6 Å². The van der Waals surface area contributed by atoms with Crippen LogP contribution in [0.2, 0.25) is 15.1 Å². The summed E-state index contributed by atoms with van der Waals surface area (Å²) in [5.74, 6) is 6.55. The fourth-order valence-electron chi connectivity index (χ4n) is 2.24. The number of sulfone groups is 1. The topological polar surface area (TPSA) is 90.9 Å². The average molecular weight is 464 g/mol. The van der Waals surface area contributed by atoms with E-state index in [1.807, 2.05) is 0 Å². The highest BCUT2D eigenvalue weighted by molar-refractivity contribution is 8.00. The molecule has 0 fully saturated rings. The average Bonchev–Trinajstić information content (AvgIpc) is 2.98. The third kappa shape index (κ3) is 4.70. The van der Waals surface area contributed by atoms with Gasteiger partial charge in [0.05, 0.1) is 15.7 Å². The number of nitrogen functional groups attached to an aromatic ring is 1. The first-order valence-electron chi connectivity index (χ1n) is 7.55. The molecule has 1 aromatic heterocycles. The van der Waals surface area contributed by atoms with E-state index in [9.17, 15) is 8.42 Å². The first kappa shape index (κ1) is 20.3. The zero-order valence-electron chi connectivity index (χ0n) is 13.6. The van der Waals surface area contributed by atoms with E-state index in [1.54, 1.807) is 24.3 Å². The van der Waals surface area contributed by atoms with Gasteiger partial charge in [-0.3, -0.25) is 0 Å². The molecule has 0 radical (unpaired) electrons. The predicted molar refractivity (Wildman–Crippen MR) is 110 cm³/mol. The van der Waals surface area contributed by atoms with Gasteiger partial charge in [0.2, 0.25) is 5.16 Å². The molecule has 2 aromatic carbocycles. The maximum Gasteiger partial charge on any atom is 0.210 e. The summed E-state index contributed by atoms with van der Waals surface area (Å²) in [7, 11) is -3.60. The Bertz CT molecular complexity index is 1070. The van der Waals surface area contributed by atoms with Crippen LogP contribution in [0.3, 0.4) is 0 Å². The SMILES string of the molecule is Nn1c(SCCS(=O)(=O)c2cc(Cl)ccc2Cl)nnc1-c1ccc(Cl)cc1. The molecular weight excluding hydrogens is 451 g/mol. The quantitative estimate of drug-likeness (QED) is 0.435. The van der Waals surface area contributed by atoms with Crippen molar-refractivity contribution in [1.29, 1.82) is 0 Å². The minimum Gasteiger partial charge on any atom is -0.335 e. The van der Waals surface area contributed by atoms with Crippen LogP contribution in [-0.4, -0.2) is 34.8 Å². The fraction of sp³-hybridized carbons (Fsp3) is 0.125. The fourth-order valence-corrected chi connectivity index (χ4v) is 5.68. The van der Waals surface area contributed by atoms with Gasteiger partial charge in [-0.15, -0.1) is 10.2 Å². The van der Waals surface area contributed by atoms with E-state index in [0.29, 0.717) is 21.0 Å². The van der Waals surface area contributed by atoms with Crippen molar-refractivity contribution in [2.45, 2.75) is 10.1 Å². The number of thioether (sulfide) groups is 1. The molecule has 142 valence electrons. The second-order valence-corrected chi connectivity index (χ2v) is 9.84. The first-order valence-corrected chi connectivity index (χ1v) is 11.3. The molecule has 2 N–H and O–H groups in total. The molecule has 0 aliphatic heterocycles. The van der Waals surface area contributed by atoms with Crippen LogP contribution < -0.4 is 5.84 Å². The van der Waals surface area contributed by atoms with E-state index < -0.39 is 9.84 Å². The molecule has 0 aliphatic carbocycles. The Hall–Kier alpha value is -1.45. The Morgan fingerprint density at radius 2 is 1.67 bits per heavy atom. The van der Waals surface area contributed by atoms with Gasteiger partial charge < -0.3 is 5.84 Å². The van der Waals surface area contributed by atoms with Crippen molar-refractivity contribution in [3.05, 3.63) is 57.5 Å². The second-order valence-electron chi connectivity index (χ2n) is 5.43. The predicted octanol–water partition coefficient (Wildman–Crippen LogP) is 4.19. The van der Waals surface area contributed by atoms with Crippen LogP contribution in [-0.2, 0) is 9.84 Å². The highest BCUT2D eigenvalue weighted by atomic mass is 35.5. The number of rotatable bonds is 6. The molecule has 1 heterocycles. The Morgan fingerprint density at radius 1 is 1.00 bits per heavy atom. The van der Waals surface area contributed by atoms with E-state index in [0.717, 1.165) is 5.56 Å². The lowest BCUT2D eigenvalue weighted by molar-refractivity contribution is 0.597.